The van der Waals surface area contributed by atoms with Crippen LogP contribution in [0, 0.1) is 0 Å². The second-order valence-corrected chi connectivity index (χ2v) is 15.4. The highest BCUT2D eigenvalue weighted by molar-refractivity contribution is 5.76. The quantitative estimate of drug-likeness (QED) is 0.156. The molecule has 0 spiro atoms. The highest BCUT2D eigenvalue weighted by Crippen LogP contribution is 2.31. The first-order valence-corrected chi connectivity index (χ1v) is 20.2. The second-order valence-electron chi connectivity index (χ2n) is 15.4. The molecular weight excluding hydrogens is 697 g/mol. The Kier molecular flexibility index (Phi) is 12.2. The third kappa shape index (κ3) is 8.74. The molecule has 290 valence electrons. The highest BCUT2D eigenvalue weighted by Gasteiger charge is 2.29. The summed E-state index contributed by atoms with van der Waals surface area (Å²) >= 11 is 0. The van der Waals surface area contributed by atoms with Crippen molar-refractivity contribution in [3.05, 3.63) is 178 Å². The molecule has 5 aromatic carbocycles. The van der Waals surface area contributed by atoms with Crippen molar-refractivity contribution in [2.75, 3.05) is 65.4 Å². The van der Waals surface area contributed by atoms with Gasteiger partial charge in [-0.1, -0.05) is 133 Å². The molecule has 9 heteroatoms. The minimum atomic E-state index is -0.714. The Hall–Kier alpha value is -4.87. The van der Waals surface area contributed by atoms with Crippen LogP contribution in [0.15, 0.2) is 150 Å². The summed E-state index contributed by atoms with van der Waals surface area (Å²) in [4.78, 5) is 23.7. The number of imidazole rings is 1. The maximum atomic E-state index is 14.0. The van der Waals surface area contributed by atoms with Gasteiger partial charge in [0.2, 0.25) is 0 Å². The predicted octanol–water partition coefficient (Wildman–Crippen LogP) is 5.34. The molecule has 56 heavy (non-hydrogen) atoms. The van der Waals surface area contributed by atoms with Crippen LogP contribution in [0.2, 0.25) is 0 Å². The molecule has 3 heterocycles. The fourth-order valence-electron chi connectivity index (χ4n) is 8.94. The van der Waals surface area contributed by atoms with Gasteiger partial charge in [-0.05, 0) is 34.4 Å². The minimum Gasteiger partial charge on any atom is -0.390 e. The van der Waals surface area contributed by atoms with Crippen LogP contribution in [0.1, 0.15) is 34.3 Å². The van der Waals surface area contributed by atoms with Crippen molar-refractivity contribution in [3.63, 3.8) is 0 Å². The number of aliphatic hydroxyl groups is 2. The molecule has 0 radical (unpaired) electrons. The van der Waals surface area contributed by atoms with Crippen molar-refractivity contribution in [2.24, 2.45) is 0 Å². The van der Waals surface area contributed by atoms with E-state index < -0.39 is 12.2 Å². The van der Waals surface area contributed by atoms with Crippen LogP contribution in [0.3, 0.4) is 0 Å². The number of benzene rings is 5. The van der Waals surface area contributed by atoms with Gasteiger partial charge in [-0.25, -0.2) is 4.79 Å². The van der Waals surface area contributed by atoms with Crippen molar-refractivity contribution in [3.8, 4) is 0 Å². The summed E-state index contributed by atoms with van der Waals surface area (Å²) in [5, 5.41) is 22.8. The summed E-state index contributed by atoms with van der Waals surface area (Å²) in [6.45, 7) is 8.26. The van der Waals surface area contributed by atoms with Gasteiger partial charge in [-0.15, -0.1) is 0 Å². The van der Waals surface area contributed by atoms with E-state index in [-0.39, 0.29) is 30.9 Å². The zero-order chi connectivity index (χ0) is 38.3. The molecule has 8 rings (SSSR count). The van der Waals surface area contributed by atoms with Crippen molar-refractivity contribution in [2.45, 2.75) is 37.4 Å². The first-order chi connectivity index (χ1) is 27.5. The number of fused-ring (bicyclic) bond motifs is 1. The van der Waals surface area contributed by atoms with Gasteiger partial charge < -0.3 is 10.2 Å². The number of para-hydroxylation sites is 2. The maximum Gasteiger partial charge on any atom is 0.329 e. The van der Waals surface area contributed by atoms with E-state index in [1.54, 1.807) is 9.13 Å². The number of piperazine rings is 2. The number of aromatic nitrogens is 2. The molecule has 2 aliphatic rings. The van der Waals surface area contributed by atoms with Crippen molar-refractivity contribution >= 4 is 11.0 Å². The average molecular weight is 751 g/mol. The Morgan fingerprint density at radius 1 is 0.393 bits per heavy atom. The topological polar surface area (TPSA) is 80.3 Å². The number of rotatable bonds is 14. The number of β-amino-alcohol motifs (C(OH)–C–C–N with tert-alkyl or cyclic N) is 2. The Balaban J connectivity index is 0.876. The minimum absolute atomic E-state index is 0.181. The summed E-state index contributed by atoms with van der Waals surface area (Å²) in [6.07, 6.45) is -1.43. The average Bonchev–Trinajstić information content (AvgIpc) is 3.49. The third-order valence-corrected chi connectivity index (χ3v) is 11.7. The molecule has 6 aromatic rings. The van der Waals surface area contributed by atoms with Gasteiger partial charge in [-0.3, -0.25) is 28.7 Å². The molecule has 2 fully saturated rings. The van der Waals surface area contributed by atoms with Crippen LogP contribution < -0.4 is 5.69 Å². The monoisotopic (exact) mass is 750 g/mol. The molecule has 0 saturated carbocycles. The van der Waals surface area contributed by atoms with Crippen LogP contribution in [0.4, 0.5) is 0 Å². The lowest BCUT2D eigenvalue weighted by Gasteiger charge is -2.40. The largest absolute Gasteiger partial charge is 0.390 e. The highest BCUT2D eigenvalue weighted by atomic mass is 16.3. The Morgan fingerprint density at radius 3 is 0.982 bits per heavy atom. The Bertz CT molecular complexity index is 1930. The van der Waals surface area contributed by atoms with Crippen LogP contribution in [0.25, 0.3) is 11.0 Å². The number of nitrogens with zero attached hydrogens (tertiary/aromatic N) is 6. The van der Waals surface area contributed by atoms with Crippen LogP contribution in [-0.2, 0) is 13.1 Å². The first kappa shape index (κ1) is 38.0. The summed E-state index contributed by atoms with van der Waals surface area (Å²) in [7, 11) is 0. The first-order valence-electron chi connectivity index (χ1n) is 20.2. The number of hydrogen-bond acceptors (Lipinski definition) is 7. The normalized spacial score (nSPS) is 17.5. The van der Waals surface area contributed by atoms with E-state index in [4.69, 9.17) is 0 Å². The molecular formula is C47H54N6O3. The lowest BCUT2D eigenvalue weighted by atomic mass is 9.96. The van der Waals surface area contributed by atoms with Gasteiger partial charge in [0.1, 0.15) is 0 Å². The van der Waals surface area contributed by atoms with Gasteiger partial charge >= 0.3 is 5.69 Å². The van der Waals surface area contributed by atoms with Crippen molar-refractivity contribution in [1.29, 1.82) is 0 Å². The van der Waals surface area contributed by atoms with E-state index in [1.165, 1.54) is 22.3 Å². The van der Waals surface area contributed by atoms with E-state index in [0.29, 0.717) is 13.1 Å². The lowest BCUT2D eigenvalue weighted by Crippen LogP contribution is -2.50. The SMILES string of the molecule is O=c1n(CC(O)CN2CCN(C(c3ccccc3)c3ccccc3)CC2)c2ccccc2n1CC(O)CN1CCN(C(c2ccccc2)c2ccccc2)CC1. The van der Waals surface area contributed by atoms with Crippen molar-refractivity contribution < 1.29 is 10.2 Å². The molecule has 2 aliphatic heterocycles. The Labute approximate surface area is 330 Å². The van der Waals surface area contributed by atoms with Gasteiger partial charge in [0.25, 0.3) is 0 Å². The third-order valence-electron chi connectivity index (χ3n) is 11.7. The zero-order valence-corrected chi connectivity index (χ0v) is 32.1. The van der Waals surface area contributed by atoms with Crippen LogP contribution in [-0.4, -0.2) is 117 Å². The molecule has 0 aliphatic carbocycles. The maximum absolute atomic E-state index is 14.0. The van der Waals surface area contributed by atoms with E-state index in [2.05, 4.69) is 141 Å². The fourth-order valence-corrected chi connectivity index (χ4v) is 8.94. The molecule has 0 bridgehead atoms. The molecule has 2 unspecified atom stereocenters. The molecule has 2 atom stereocenters. The van der Waals surface area contributed by atoms with E-state index >= 15 is 0 Å². The van der Waals surface area contributed by atoms with Crippen LogP contribution >= 0.6 is 0 Å². The molecule has 0 amide bonds. The van der Waals surface area contributed by atoms with E-state index in [1.807, 2.05) is 24.3 Å². The summed E-state index contributed by atoms with van der Waals surface area (Å²) in [6, 6.07) is 50.8. The van der Waals surface area contributed by atoms with E-state index in [9.17, 15) is 15.0 Å². The molecule has 9 nitrogen and oxygen atoms in total. The van der Waals surface area contributed by atoms with Crippen molar-refractivity contribution in [1.82, 2.24) is 28.7 Å². The van der Waals surface area contributed by atoms with Gasteiger partial charge in [0.15, 0.2) is 0 Å². The smallest absolute Gasteiger partial charge is 0.329 e. The van der Waals surface area contributed by atoms with Gasteiger partial charge in [-0.2, -0.15) is 0 Å². The standard InChI is InChI=1S/C47H54N6O3/c54-41(33-48-25-29-50(30-26-48)45(37-15-5-1-6-16-37)38-17-7-2-8-18-38)35-52-43-23-13-14-24-44(43)53(47(52)56)36-42(55)34-49-27-31-51(32-28-49)46(39-19-9-3-10-20-39)40-21-11-4-12-22-40/h1-24,41-42,45-46,54-55H,25-36H2. The van der Waals surface area contributed by atoms with Gasteiger partial charge in [0.05, 0.1) is 48.4 Å². The number of hydrogen-bond donors (Lipinski definition) is 2. The molecule has 1 aromatic heterocycles. The molecule has 2 saturated heterocycles. The van der Waals surface area contributed by atoms with Gasteiger partial charge in [0, 0.05) is 65.4 Å². The predicted molar refractivity (Wildman–Crippen MR) is 224 cm³/mol. The lowest BCUT2D eigenvalue weighted by molar-refractivity contribution is 0.0535. The summed E-state index contributed by atoms with van der Waals surface area (Å²) < 4.78 is 3.38. The summed E-state index contributed by atoms with van der Waals surface area (Å²) in [5.41, 5.74) is 6.50. The molecule has 2 N–H and O–H groups in total. The zero-order valence-electron chi connectivity index (χ0n) is 32.1. The number of aliphatic hydroxyl groups excluding tert-OH is 2. The fraction of sp³-hybridized carbons (Fsp3) is 0.340. The second kappa shape index (κ2) is 17.9. The van der Waals surface area contributed by atoms with E-state index in [0.717, 1.165) is 63.4 Å². The van der Waals surface area contributed by atoms with Crippen LogP contribution in [0.5, 0.6) is 0 Å². The Morgan fingerprint density at radius 2 is 0.679 bits per heavy atom. The summed E-state index contributed by atoms with van der Waals surface area (Å²) in [5.74, 6) is 0.